The molecule has 126 valence electrons. The number of aromatic nitrogens is 3. The molecule has 0 aliphatic heterocycles. The summed E-state index contributed by atoms with van der Waals surface area (Å²) in [7, 11) is -3.46. The Balaban J connectivity index is 1.66. The van der Waals surface area contributed by atoms with Gasteiger partial charge in [-0.15, -0.1) is 11.3 Å². The van der Waals surface area contributed by atoms with Crippen LogP contribution in [0.25, 0.3) is 11.5 Å². The number of hydrogen-bond donors (Lipinski definition) is 1. The van der Waals surface area contributed by atoms with Crippen molar-refractivity contribution in [3.63, 3.8) is 0 Å². The minimum Gasteiger partial charge on any atom is -0.328 e. The van der Waals surface area contributed by atoms with Gasteiger partial charge in [-0.05, 0) is 30.7 Å². The van der Waals surface area contributed by atoms with Crippen LogP contribution in [0.5, 0.6) is 0 Å². The highest BCUT2D eigenvalue weighted by Crippen LogP contribution is 2.21. The highest BCUT2D eigenvalue weighted by molar-refractivity contribution is 7.91. The Morgan fingerprint density at radius 2 is 2.04 bits per heavy atom. The number of thiophene rings is 1. The van der Waals surface area contributed by atoms with E-state index in [1.165, 1.54) is 11.3 Å². The first kappa shape index (κ1) is 16.8. The van der Waals surface area contributed by atoms with Crippen molar-refractivity contribution in [3.05, 3.63) is 53.8 Å². The first-order valence-corrected chi connectivity index (χ1v) is 9.91. The fourth-order valence-electron chi connectivity index (χ4n) is 2.28. The number of imidazole rings is 1. The van der Waals surface area contributed by atoms with Crippen LogP contribution in [0.4, 0.5) is 0 Å². The summed E-state index contributed by atoms with van der Waals surface area (Å²) in [5.41, 5.74) is 0.760. The van der Waals surface area contributed by atoms with Gasteiger partial charge in [0.1, 0.15) is 9.90 Å². The van der Waals surface area contributed by atoms with Gasteiger partial charge in [-0.25, -0.2) is 18.1 Å². The molecule has 6 nitrogen and oxygen atoms in total. The van der Waals surface area contributed by atoms with Crippen molar-refractivity contribution >= 4 is 21.4 Å². The predicted molar refractivity (Wildman–Crippen MR) is 94.3 cm³/mol. The second-order valence-corrected chi connectivity index (χ2v) is 8.29. The van der Waals surface area contributed by atoms with E-state index in [4.69, 9.17) is 0 Å². The molecule has 0 aromatic carbocycles. The number of pyridine rings is 1. The zero-order chi connectivity index (χ0) is 17.0. The van der Waals surface area contributed by atoms with E-state index in [1.807, 2.05) is 42.0 Å². The zero-order valence-electron chi connectivity index (χ0n) is 13.2. The van der Waals surface area contributed by atoms with Crippen molar-refractivity contribution in [2.45, 2.75) is 24.1 Å². The molecule has 3 aromatic heterocycles. The number of aryl methyl sites for hydroxylation is 1. The average Bonchev–Trinajstić information content (AvgIpc) is 3.25. The molecule has 3 rings (SSSR count). The van der Waals surface area contributed by atoms with E-state index in [0.29, 0.717) is 10.8 Å². The summed E-state index contributed by atoms with van der Waals surface area (Å²) in [4.78, 5) is 9.64. The molecule has 0 amide bonds. The lowest BCUT2D eigenvalue weighted by Gasteiger charge is -2.08. The molecule has 0 radical (unpaired) electrons. The molecule has 0 saturated heterocycles. The van der Waals surface area contributed by atoms with E-state index < -0.39 is 10.0 Å². The highest BCUT2D eigenvalue weighted by Gasteiger charge is 2.16. The summed E-state index contributed by atoms with van der Waals surface area (Å²) >= 11 is 1.31. The highest BCUT2D eigenvalue weighted by atomic mass is 32.2. The predicted octanol–water partition coefficient (Wildman–Crippen LogP) is 2.55. The molecule has 0 aliphatic rings. The molecule has 24 heavy (non-hydrogen) atoms. The Hall–Kier alpha value is -2.03. The van der Waals surface area contributed by atoms with Gasteiger partial charge in [-0.3, -0.25) is 4.98 Å². The van der Waals surface area contributed by atoms with Crippen LogP contribution in [0.1, 0.15) is 11.8 Å². The van der Waals surface area contributed by atoms with Gasteiger partial charge in [0.25, 0.3) is 0 Å². The van der Waals surface area contributed by atoms with Gasteiger partial charge in [-0.1, -0.05) is 13.0 Å². The molecule has 8 heteroatoms. The largest absolute Gasteiger partial charge is 0.328 e. The second kappa shape index (κ2) is 7.25. The molecule has 3 heterocycles. The number of nitrogens with one attached hydrogen (secondary N) is 1. The first-order valence-electron chi connectivity index (χ1n) is 7.61. The van der Waals surface area contributed by atoms with E-state index in [2.05, 4.69) is 14.7 Å². The van der Waals surface area contributed by atoms with Gasteiger partial charge in [0.05, 0.1) is 0 Å². The van der Waals surface area contributed by atoms with Crippen LogP contribution in [0.3, 0.4) is 0 Å². The summed E-state index contributed by atoms with van der Waals surface area (Å²) in [6.45, 7) is 2.78. The molecule has 1 N–H and O–H groups in total. The topological polar surface area (TPSA) is 76.9 Å². The number of hydrogen-bond acceptors (Lipinski definition) is 5. The van der Waals surface area contributed by atoms with Crippen molar-refractivity contribution in [1.29, 1.82) is 0 Å². The molecule has 0 spiro atoms. The van der Waals surface area contributed by atoms with E-state index in [9.17, 15) is 8.42 Å². The monoisotopic (exact) mass is 362 g/mol. The van der Waals surface area contributed by atoms with Gasteiger partial charge in [0.2, 0.25) is 10.0 Å². The third-order valence-electron chi connectivity index (χ3n) is 3.50. The quantitative estimate of drug-likeness (QED) is 0.701. The summed E-state index contributed by atoms with van der Waals surface area (Å²) < 4.78 is 29.5. The Kier molecular flexibility index (Phi) is 5.08. The van der Waals surface area contributed by atoms with Crippen LogP contribution in [-0.4, -0.2) is 29.5 Å². The standard InChI is InChI=1S/C16H18N4O2S2/c1-2-13-6-7-15(23-13)24(21,22)19-10-12-20-11-9-18-16(20)14-5-3-4-8-17-14/h3-9,11,19H,2,10,12H2,1H3. The van der Waals surface area contributed by atoms with Crippen LogP contribution >= 0.6 is 11.3 Å². The van der Waals surface area contributed by atoms with Crippen molar-refractivity contribution in [1.82, 2.24) is 19.3 Å². The Labute approximate surface area is 145 Å². The number of rotatable bonds is 7. The minimum atomic E-state index is -3.46. The van der Waals surface area contributed by atoms with E-state index in [1.54, 1.807) is 18.5 Å². The average molecular weight is 362 g/mol. The van der Waals surface area contributed by atoms with Crippen LogP contribution in [0.2, 0.25) is 0 Å². The van der Waals surface area contributed by atoms with Crippen LogP contribution in [0.15, 0.2) is 53.1 Å². The van der Waals surface area contributed by atoms with Crippen molar-refractivity contribution in [2.24, 2.45) is 0 Å². The summed E-state index contributed by atoms with van der Waals surface area (Å²) in [5.74, 6) is 0.721. The van der Waals surface area contributed by atoms with E-state index in [0.717, 1.165) is 22.8 Å². The van der Waals surface area contributed by atoms with Gasteiger partial charge in [0.15, 0.2) is 5.82 Å². The van der Waals surface area contributed by atoms with Crippen molar-refractivity contribution < 1.29 is 8.42 Å². The molecule has 0 atom stereocenters. The Morgan fingerprint density at radius 3 is 2.75 bits per heavy atom. The lowest BCUT2D eigenvalue weighted by atomic mass is 10.3. The maximum atomic E-state index is 12.3. The maximum absolute atomic E-state index is 12.3. The third-order valence-corrected chi connectivity index (χ3v) is 6.69. The molecule has 0 aliphatic carbocycles. The maximum Gasteiger partial charge on any atom is 0.250 e. The smallest absolute Gasteiger partial charge is 0.250 e. The van der Waals surface area contributed by atoms with Gasteiger partial charge in [0, 0.05) is 36.6 Å². The lowest BCUT2D eigenvalue weighted by molar-refractivity contribution is 0.575. The van der Waals surface area contributed by atoms with E-state index >= 15 is 0 Å². The number of nitrogens with zero attached hydrogens (tertiary/aromatic N) is 3. The molecule has 3 aromatic rings. The Bertz CT molecular complexity index is 901. The lowest BCUT2D eigenvalue weighted by Crippen LogP contribution is -2.26. The van der Waals surface area contributed by atoms with Crippen molar-refractivity contribution in [3.8, 4) is 11.5 Å². The summed E-state index contributed by atoms with van der Waals surface area (Å²) in [6.07, 6.45) is 6.05. The van der Waals surface area contributed by atoms with Crippen molar-refractivity contribution in [2.75, 3.05) is 6.54 Å². The number of sulfonamides is 1. The SMILES string of the molecule is CCc1ccc(S(=O)(=O)NCCn2ccnc2-c2ccccn2)s1. The fourth-order valence-corrected chi connectivity index (χ4v) is 4.64. The molecule has 0 bridgehead atoms. The third kappa shape index (κ3) is 3.72. The molecule has 0 saturated carbocycles. The molecule has 0 unspecified atom stereocenters. The zero-order valence-corrected chi connectivity index (χ0v) is 14.8. The summed E-state index contributed by atoms with van der Waals surface area (Å²) in [5, 5.41) is 0. The van der Waals surface area contributed by atoms with Crippen LogP contribution in [0, 0.1) is 0 Å². The van der Waals surface area contributed by atoms with Crippen LogP contribution in [-0.2, 0) is 23.0 Å². The molecule has 0 fully saturated rings. The van der Waals surface area contributed by atoms with Gasteiger partial charge < -0.3 is 4.57 Å². The second-order valence-electron chi connectivity index (χ2n) is 5.13. The molecular formula is C16H18N4O2S2. The van der Waals surface area contributed by atoms with Gasteiger partial charge in [-0.2, -0.15) is 0 Å². The summed E-state index contributed by atoms with van der Waals surface area (Å²) in [6, 6.07) is 9.13. The Morgan fingerprint density at radius 1 is 1.17 bits per heavy atom. The minimum absolute atomic E-state index is 0.290. The normalized spacial score (nSPS) is 11.7. The van der Waals surface area contributed by atoms with E-state index in [-0.39, 0.29) is 6.54 Å². The first-order chi connectivity index (χ1) is 11.6. The van der Waals surface area contributed by atoms with Gasteiger partial charge >= 0.3 is 0 Å². The van der Waals surface area contributed by atoms with Crippen LogP contribution < -0.4 is 4.72 Å². The fraction of sp³-hybridized carbons (Fsp3) is 0.250. The molecular weight excluding hydrogens is 344 g/mol.